The molecule has 0 aromatic heterocycles. The van der Waals surface area contributed by atoms with Gasteiger partial charge in [0.25, 0.3) is 5.91 Å². The molecule has 0 spiro atoms. The lowest BCUT2D eigenvalue weighted by Crippen LogP contribution is -2.30. The van der Waals surface area contributed by atoms with E-state index in [0.29, 0.717) is 22.7 Å². The number of para-hydroxylation sites is 2. The van der Waals surface area contributed by atoms with E-state index in [1.165, 1.54) is 6.07 Å². The Morgan fingerprint density at radius 3 is 2.67 bits per heavy atom. The summed E-state index contributed by atoms with van der Waals surface area (Å²) < 4.78 is 18.9. The summed E-state index contributed by atoms with van der Waals surface area (Å²) in [7, 11) is 0. The van der Waals surface area contributed by atoms with Crippen LogP contribution in [-0.4, -0.2) is 12.0 Å². The van der Waals surface area contributed by atoms with Crippen LogP contribution >= 0.6 is 0 Å². The second kappa shape index (κ2) is 6.26. The number of nitrogens with one attached hydrogen (secondary N) is 1. The lowest BCUT2D eigenvalue weighted by molar-refractivity contribution is -0.122. The van der Waals surface area contributed by atoms with Gasteiger partial charge in [0.15, 0.2) is 6.10 Å². The standard InChI is InChI=1S/C16H17FN2O2/c1-10-7-8-12(9-13(10)17)21-11(2)16(20)19-15-6-4-3-5-14(15)18/h3-9,11H,18H2,1-2H3,(H,19,20). The smallest absolute Gasteiger partial charge is 0.265 e. The fourth-order valence-electron chi connectivity index (χ4n) is 1.75. The van der Waals surface area contributed by atoms with Gasteiger partial charge in [-0.3, -0.25) is 4.79 Å². The third kappa shape index (κ3) is 3.72. The number of benzene rings is 2. The highest BCUT2D eigenvalue weighted by Gasteiger charge is 2.16. The first-order valence-corrected chi connectivity index (χ1v) is 6.55. The van der Waals surface area contributed by atoms with Crippen LogP contribution in [0.15, 0.2) is 42.5 Å². The molecule has 1 unspecified atom stereocenters. The summed E-state index contributed by atoms with van der Waals surface area (Å²) in [5, 5.41) is 2.67. The van der Waals surface area contributed by atoms with Crippen molar-refractivity contribution < 1.29 is 13.9 Å². The second-order valence-electron chi connectivity index (χ2n) is 4.75. The predicted octanol–water partition coefficient (Wildman–Crippen LogP) is 3.12. The highest BCUT2D eigenvalue weighted by molar-refractivity contribution is 5.96. The molecular weight excluding hydrogens is 271 g/mol. The van der Waals surface area contributed by atoms with Gasteiger partial charge in [0.2, 0.25) is 0 Å². The molecule has 2 rings (SSSR count). The van der Waals surface area contributed by atoms with Crippen LogP contribution in [0.4, 0.5) is 15.8 Å². The summed E-state index contributed by atoms with van der Waals surface area (Å²) in [6.45, 7) is 3.25. The number of carbonyl (C=O) groups is 1. The molecule has 21 heavy (non-hydrogen) atoms. The molecule has 0 aliphatic carbocycles. The number of ether oxygens (including phenoxy) is 1. The van der Waals surface area contributed by atoms with Gasteiger partial charge in [-0.15, -0.1) is 0 Å². The minimum absolute atomic E-state index is 0.307. The zero-order valence-corrected chi connectivity index (χ0v) is 11.9. The third-order valence-corrected chi connectivity index (χ3v) is 3.04. The molecule has 0 aliphatic rings. The lowest BCUT2D eigenvalue weighted by Gasteiger charge is -2.15. The number of rotatable bonds is 4. The molecule has 1 atom stereocenters. The Kier molecular flexibility index (Phi) is 4.42. The molecule has 2 aromatic rings. The first-order valence-electron chi connectivity index (χ1n) is 6.55. The molecule has 0 heterocycles. The Morgan fingerprint density at radius 2 is 2.00 bits per heavy atom. The number of nitrogens with two attached hydrogens (primary N) is 1. The largest absolute Gasteiger partial charge is 0.481 e. The van der Waals surface area contributed by atoms with Crippen molar-refractivity contribution in [2.45, 2.75) is 20.0 Å². The van der Waals surface area contributed by atoms with Gasteiger partial charge in [0, 0.05) is 6.07 Å². The zero-order chi connectivity index (χ0) is 15.4. The second-order valence-corrected chi connectivity index (χ2v) is 4.75. The number of hydrogen-bond donors (Lipinski definition) is 2. The van der Waals surface area contributed by atoms with E-state index in [2.05, 4.69) is 5.32 Å². The molecule has 0 aliphatic heterocycles. The molecule has 4 nitrogen and oxygen atoms in total. The van der Waals surface area contributed by atoms with Crippen molar-refractivity contribution in [2.24, 2.45) is 0 Å². The number of carbonyl (C=O) groups excluding carboxylic acids is 1. The summed E-state index contributed by atoms with van der Waals surface area (Å²) in [6.07, 6.45) is -0.772. The normalized spacial score (nSPS) is 11.8. The van der Waals surface area contributed by atoms with Crippen LogP contribution in [0.1, 0.15) is 12.5 Å². The van der Waals surface area contributed by atoms with Gasteiger partial charge in [-0.2, -0.15) is 0 Å². The van der Waals surface area contributed by atoms with E-state index in [1.807, 2.05) is 0 Å². The summed E-state index contributed by atoms with van der Waals surface area (Å²) in [6, 6.07) is 11.4. The van der Waals surface area contributed by atoms with Crippen molar-refractivity contribution in [3.05, 3.63) is 53.8 Å². The average molecular weight is 288 g/mol. The zero-order valence-electron chi connectivity index (χ0n) is 11.9. The molecule has 0 fully saturated rings. The van der Waals surface area contributed by atoms with E-state index in [0.717, 1.165) is 0 Å². The van der Waals surface area contributed by atoms with Gasteiger partial charge in [0.1, 0.15) is 11.6 Å². The minimum atomic E-state index is -0.772. The molecule has 2 aromatic carbocycles. The van der Waals surface area contributed by atoms with E-state index in [9.17, 15) is 9.18 Å². The van der Waals surface area contributed by atoms with Crippen LogP contribution in [0.3, 0.4) is 0 Å². The van der Waals surface area contributed by atoms with Gasteiger partial charge in [-0.1, -0.05) is 18.2 Å². The van der Waals surface area contributed by atoms with E-state index in [-0.39, 0.29) is 11.7 Å². The molecule has 5 heteroatoms. The molecule has 0 bridgehead atoms. The third-order valence-electron chi connectivity index (χ3n) is 3.04. The van der Waals surface area contributed by atoms with Crippen LogP contribution in [-0.2, 0) is 4.79 Å². The quantitative estimate of drug-likeness (QED) is 0.850. The van der Waals surface area contributed by atoms with Crippen LogP contribution in [0, 0.1) is 12.7 Å². The SMILES string of the molecule is Cc1ccc(OC(C)C(=O)Nc2ccccc2N)cc1F. The van der Waals surface area contributed by atoms with Gasteiger partial charge in [0.05, 0.1) is 11.4 Å². The lowest BCUT2D eigenvalue weighted by atomic mass is 10.2. The van der Waals surface area contributed by atoms with E-state index < -0.39 is 6.10 Å². The maximum atomic E-state index is 13.4. The average Bonchev–Trinajstić information content (AvgIpc) is 2.45. The first kappa shape index (κ1) is 14.8. The summed E-state index contributed by atoms with van der Waals surface area (Å²) in [4.78, 5) is 12.0. The fraction of sp³-hybridized carbons (Fsp3) is 0.188. The highest BCUT2D eigenvalue weighted by atomic mass is 19.1. The molecule has 3 N–H and O–H groups in total. The first-order chi connectivity index (χ1) is 9.97. The number of aryl methyl sites for hydroxylation is 1. The molecule has 0 saturated heterocycles. The van der Waals surface area contributed by atoms with Crippen molar-refractivity contribution >= 4 is 17.3 Å². The Labute approximate surface area is 122 Å². The van der Waals surface area contributed by atoms with E-state index in [1.54, 1.807) is 50.2 Å². The number of halogens is 1. The summed E-state index contributed by atoms with van der Waals surface area (Å²) in [5.41, 5.74) is 7.27. The van der Waals surface area contributed by atoms with Gasteiger partial charge in [-0.25, -0.2) is 4.39 Å². The van der Waals surface area contributed by atoms with Crippen molar-refractivity contribution in [3.8, 4) is 5.75 Å². The molecular formula is C16H17FN2O2. The summed E-state index contributed by atoms with van der Waals surface area (Å²) in [5.74, 6) is -0.414. The minimum Gasteiger partial charge on any atom is -0.481 e. The van der Waals surface area contributed by atoms with Crippen LogP contribution < -0.4 is 15.8 Å². The van der Waals surface area contributed by atoms with Gasteiger partial charge in [-0.05, 0) is 37.6 Å². The van der Waals surface area contributed by atoms with Crippen LogP contribution in [0.2, 0.25) is 0 Å². The number of anilines is 2. The Bertz CT molecular complexity index is 658. The monoisotopic (exact) mass is 288 g/mol. The van der Waals surface area contributed by atoms with Crippen molar-refractivity contribution in [1.82, 2.24) is 0 Å². The van der Waals surface area contributed by atoms with Crippen LogP contribution in [0.5, 0.6) is 5.75 Å². The molecule has 0 radical (unpaired) electrons. The number of hydrogen-bond acceptors (Lipinski definition) is 3. The summed E-state index contributed by atoms with van der Waals surface area (Å²) >= 11 is 0. The maximum Gasteiger partial charge on any atom is 0.265 e. The number of amides is 1. The van der Waals surface area contributed by atoms with Crippen molar-refractivity contribution in [1.29, 1.82) is 0 Å². The predicted molar refractivity (Wildman–Crippen MR) is 80.7 cm³/mol. The molecule has 1 amide bonds. The van der Waals surface area contributed by atoms with Gasteiger partial charge < -0.3 is 15.8 Å². The molecule has 110 valence electrons. The van der Waals surface area contributed by atoms with Crippen molar-refractivity contribution in [3.63, 3.8) is 0 Å². The Morgan fingerprint density at radius 1 is 1.29 bits per heavy atom. The fourth-order valence-corrected chi connectivity index (χ4v) is 1.75. The Balaban J connectivity index is 2.02. The Hall–Kier alpha value is -2.56. The highest BCUT2D eigenvalue weighted by Crippen LogP contribution is 2.19. The molecule has 0 saturated carbocycles. The van der Waals surface area contributed by atoms with Crippen LogP contribution in [0.25, 0.3) is 0 Å². The topological polar surface area (TPSA) is 64.3 Å². The van der Waals surface area contributed by atoms with Gasteiger partial charge >= 0.3 is 0 Å². The van der Waals surface area contributed by atoms with Crippen molar-refractivity contribution in [2.75, 3.05) is 11.1 Å². The van der Waals surface area contributed by atoms with E-state index >= 15 is 0 Å². The maximum absolute atomic E-state index is 13.4. The number of nitrogen functional groups attached to an aromatic ring is 1. The van der Waals surface area contributed by atoms with E-state index in [4.69, 9.17) is 10.5 Å².